The smallest absolute Gasteiger partial charge is 0.195 e. The van der Waals surface area contributed by atoms with Crippen molar-refractivity contribution in [2.24, 2.45) is 0 Å². The Morgan fingerprint density at radius 3 is 2.55 bits per heavy atom. The summed E-state index contributed by atoms with van der Waals surface area (Å²) < 4.78 is 11.2. The first kappa shape index (κ1) is 19.5. The number of H-pyrrole nitrogens is 1. The van der Waals surface area contributed by atoms with Gasteiger partial charge in [0.2, 0.25) is 0 Å². The number of aliphatic hydroxyl groups is 2. The van der Waals surface area contributed by atoms with Gasteiger partial charge in [0.05, 0.1) is 24.3 Å². The van der Waals surface area contributed by atoms with Crippen molar-refractivity contribution in [1.29, 1.82) is 0 Å². The Morgan fingerprint density at radius 1 is 1.10 bits per heavy atom. The number of aromatic amines is 1. The third-order valence-corrected chi connectivity index (χ3v) is 5.50. The molecule has 2 aromatic carbocycles. The Bertz CT molecular complexity index is 1080. The molecule has 0 spiro atoms. The molecule has 1 atom stereocenters. The van der Waals surface area contributed by atoms with Gasteiger partial charge in [0, 0.05) is 28.1 Å². The zero-order valence-electron chi connectivity index (χ0n) is 16.8. The van der Waals surface area contributed by atoms with Crippen molar-refractivity contribution in [1.82, 2.24) is 4.98 Å². The van der Waals surface area contributed by atoms with Gasteiger partial charge < -0.3 is 24.7 Å². The zero-order valence-corrected chi connectivity index (χ0v) is 16.8. The molecule has 0 aliphatic heterocycles. The topological polar surface area (TPSA) is 91.8 Å². The minimum atomic E-state index is -0.944. The molecule has 0 fully saturated rings. The lowest BCUT2D eigenvalue weighted by Gasteiger charge is -2.32. The van der Waals surface area contributed by atoms with Gasteiger partial charge in [-0.15, -0.1) is 0 Å². The first-order chi connectivity index (χ1) is 13.9. The first-order valence-electron chi connectivity index (χ1n) is 9.76. The molecule has 0 radical (unpaired) electrons. The number of fused-ring (bicyclic) bond motifs is 4. The number of aliphatic hydroxyl groups excluding tert-OH is 2. The number of ketones is 1. The summed E-state index contributed by atoms with van der Waals surface area (Å²) >= 11 is 0. The van der Waals surface area contributed by atoms with E-state index in [1.54, 1.807) is 12.1 Å². The van der Waals surface area contributed by atoms with E-state index in [1.807, 2.05) is 31.2 Å². The number of carbonyl (C=O) groups is 1. The molecule has 0 bridgehead atoms. The number of hydrogen-bond acceptors (Lipinski definition) is 5. The van der Waals surface area contributed by atoms with Gasteiger partial charge in [0.25, 0.3) is 0 Å². The lowest BCUT2D eigenvalue weighted by molar-refractivity contribution is 0.0535. The monoisotopic (exact) mass is 395 g/mol. The average molecular weight is 395 g/mol. The normalized spacial score (nSPS) is 15.7. The van der Waals surface area contributed by atoms with Crippen molar-refractivity contribution in [3.63, 3.8) is 0 Å². The Kier molecular flexibility index (Phi) is 4.84. The predicted molar refractivity (Wildman–Crippen MR) is 110 cm³/mol. The molecule has 4 rings (SSSR count). The van der Waals surface area contributed by atoms with Crippen LogP contribution in [0.1, 0.15) is 48.0 Å². The van der Waals surface area contributed by atoms with Gasteiger partial charge in [-0.05, 0) is 42.8 Å². The molecule has 6 nitrogen and oxygen atoms in total. The van der Waals surface area contributed by atoms with Gasteiger partial charge in [-0.2, -0.15) is 0 Å². The van der Waals surface area contributed by atoms with Crippen molar-refractivity contribution in [3.05, 3.63) is 58.8 Å². The molecule has 1 aliphatic carbocycles. The van der Waals surface area contributed by atoms with Gasteiger partial charge in [0.15, 0.2) is 5.78 Å². The van der Waals surface area contributed by atoms with E-state index in [4.69, 9.17) is 14.6 Å². The number of nitrogens with one attached hydrogen (secondary N) is 1. The molecule has 3 aromatic rings. The summed E-state index contributed by atoms with van der Waals surface area (Å²) in [6.07, 6.45) is -0.944. The van der Waals surface area contributed by atoms with Crippen molar-refractivity contribution in [3.8, 4) is 11.5 Å². The Balaban J connectivity index is 1.79. The number of carbonyl (C=O) groups excluding carboxylic acids is 1. The highest BCUT2D eigenvalue weighted by molar-refractivity contribution is 6.20. The maximum atomic E-state index is 13.3. The minimum absolute atomic E-state index is 0.0124. The summed E-state index contributed by atoms with van der Waals surface area (Å²) in [6.45, 7) is 6.28. The van der Waals surface area contributed by atoms with Gasteiger partial charge in [-0.25, -0.2) is 0 Å². The number of rotatable bonds is 6. The predicted octanol–water partition coefficient (Wildman–Crippen LogP) is 3.17. The summed E-state index contributed by atoms with van der Waals surface area (Å²) in [4.78, 5) is 16.8. The highest BCUT2D eigenvalue weighted by Gasteiger charge is 2.39. The van der Waals surface area contributed by atoms with Crippen LogP contribution in [0, 0.1) is 0 Å². The lowest BCUT2D eigenvalue weighted by Crippen LogP contribution is -2.30. The fraction of sp³-hybridized carbons (Fsp3) is 0.348. The maximum absolute atomic E-state index is 13.3. The van der Waals surface area contributed by atoms with Gasteiger partial charge in [-0.1, -0.05) is 13.8 Å². The van der Waals surface area contributed by atoms with Crippen LogP contribution in [0.2, 0.25) is 0 Å². The Morgan fingerprint density at radius 2 is 1.83 bits per heavy atom. The molecule has 152 valence electrons. The van der Waals surface area contributed by atoms with E-state index in [0.29, 0.717) is 23.5 Å². The molecule has 0 amide bonds. The van der Waals surface area contributed by atoms with E-state index in [9.17, 15) is 9.90 Å². The summed E-state index contributed by atoms with van der Waals surface area (Å²) in [7, 11) is 0. The molecule has 3 N–H and O–H groups in total. The van der Waals surface area contributed by atoms with Gasteiger partial charge >= 0.3 is 0 Å². The number of hydrogen-bond donors (Lipinski definition) is 3. The molecule has 6 heteroatoms. The van der Waals surface area contributed by atoms with E-state index < -0.39 is 11.5 Å². The zero-order chi connectivity index (χ0) is 20.8. The number of benzene rings is 2. The fourth-order valence-electron chi connectivity index (χ4n) is 3.98. The Labute approximate surface area is 169 Å². The quantitative estimate of drug-likeness (QED) is 0.596. The molecule has 1 aliphatic rings. The van der Waals surface area contributed by atoms with Crippen LogP contribution in [0.5, 0.6) is 11.5 Å². The van der Waals surface area contributed by atoms with E-state index in [0.717, 1.165) is 27.9 Å². The van der Waals surface area contributed by atoms with Crippen LogP contribution in [0.3, 0.4) is 0 Å². The molecule has 29 heavy (non-hydrogen) atoms. The van der Waals surface area contributed by atoms with Gasteiger partial charge in [0.1, 0.15) is 24.2 Å². The van der Waals surface area contributed by atoms with E-state index in [1.165, 1.54) is 0 Å². The number of aromatic nitrogens is 1. The second-order valence-corrected chi connectivity index (χ2v) is 7.82. The molecular formula is C23H25NO5. The van der Waals surface area contributed by atoms with E-state index in [2.05, 4.69) is 18.8 Å². The second-order valence-electron chi connectivity index (χ2n) is 7.82. The molecule has 0 saturated heterocycles. The highest BCUT2D eigenvalue weighted by Crippen LogP contribution is 2.45. The fourth-order valence-corrected chi connectivity index (χ4v) is 3.98. The summed E-state index contributed by atoms with van der Waals surface area (Å²) in [5.74, 6) is 1.29. The SMILES string of the molecule is CCOc1ccc2c3c([nH]c2c1)C(C)(C)c1cc(OC[C@@H](O)CO)ccc1C3=O. The van der Waals surface area contributed by atoms with E-state index >= 15 is 0 Å². The lowest BCUT2D eigenvalue weighted by atomic mass is 9.71. The summed E-state index contributed by atoms with van der Waals surface area (Å²) in [5.41, 5.74) is 3.50. The van der Waals surface area contributed by atoms with Crippen molar-refractivity contribution in [2.45, 2.75) is 32.3 Å². The van der Waals surface area contributed by atoms with Crippen molar-refractivity contribution >= 4 is 16.7 Å². The molecular weight excluding hydrogens is 370 g/mol. The maximum Gasteiger partial charge on any atom is 0.195 e. The third kappa shape index (κ3) is 3.18. The number of ether oxygens (including phenoxy) is 2. The highest BCUT2D eigenvalue weighted by atomic mass is 16.5. The van der Waals surface area contributed by atoms with Crippen LogP contribution in [-0.4, -0.2) is 46.9 Å². The molecule has 1 aromatic heterocycles. The summed E-state index contributed by atoms with van der Waals surface area (Å²) in [6, 6.07) is 11.1. The third-order valence-electron chi connectivity index (χ3n) is 5.50. The van der Waals surface area contributed by atoms with Crippen LogP contribution in [0.4, 0.5) is 0 Å². The van der Waals surface area contributed by atoms with Crippen molar-refractivity contribution in [2.75, 3.05) is 19.8 Å². The van der Waals surface area contributed by atoms with Gasteiger partial charge in [-0.3, -0.25) is 4.79 Å². The van der Waals surface area contributed by atoms with E-state index in [-0.39, 0.29) is 19.0 Å². The van der Waals surface area contributed by atoms with Crippen LogP contribution in [0.15, 0.2) is 36.4 Å². The van der Waals surface area contributed by atoms with Crippen LogP contribution in [0.25, 0.3) is 10.9 Å². The minimum Gasteiger partial charge on any atom is -0.494 e. The largest absolute Gasteiger partial charge is 0.494 e. The second kappa shape index (κ2) is 7.21. The van der Waals surface area contributed by atoms with Crippen LogP contribution < -0.4 is 9.47 Å². The average Bonchev–Trinajstić information content (AvgIpc) is 3.10. The standard InChI is InChI=1S/C23H25NO5/c1-4-28-15-6-8-17-19(10-15)24-22-20(17)21(27)16-7-5-14(29-12-13(26)11-25)9-18(16)23(22,2)3/h5-10,13,24-26H,4,11-12H2,1-3H3/t13-/m0/s1. The summed E-state index contributed by atoms with van der Waals surface area (Å²) in [5, 5.41) is 19.4. The Hall–Kier alpha value is -2.83. The van der Waals surface area contributed by atoms with Crippen molar-refractivity contribution < 1.29 is 24.5 Å². The molecule has 0 saturated carbocycles. The van der Waals surface area contributed by atoms with Crippen LogP contribution >= 0.6 is 0 Å². The molecule has 0 unspecified atom stereocenters. The van der Waals surface area contributed by atoms with Crippen LogP contribution in [-0.2, 0) is 5.41 Å². The first-order valence-corrected chi connectivity index (χ1v) is 9.76. The molecule has 1 heterocycles.